The Morgan fingerprint density at radius 2 is 2.05 bits per heavy atom. The third-order valence-corrected chi connectivity index (χ3v) is 4.37. The van der Waals surface area contributed by atoms with Crippen molar-refractivity contribution in [3.05, 3.63) is 30.2 Å². The monoisotopic (exact) mass is 302 g/mol. The Labute approximate surface area is 130 Å². The van der Waals surface area contributed by atoms with Crippen molar-refractivity contribution in [1.29, 1.82) is 0 Å². The SMILES string of the molecule is O=C(NCC1CCN(C(=O)/C=C/c2ccco2)CC1)C1CC1. The van der Waals surface area contributed by atoms with Crippen LogP contribution in [0, 0.1) is 11.8 Å². The molecule has 1 saturated carbocycles. The Morgan fingerprint density at radius 1 is 1.27 bits per heavy atom. The van der Waals surface area contributed by atoms with Crippen LogP contribution in [0.15, 0.2) is 28.9 Å². The van der Waals surface area contributed by atoms with E-state index < -0.39 is 0 Å². The van der Waals surface area contributed by atoms with E-state index >= 15 is 0 Å². The number of likely N-dealkylation sites (tertiary alicyclic amines) is 1. The summed E-state index contributed by atoms with van der Waals surface area (Å²) in [7, 11) is 0. The predicted molar refractivity (Wildman–Crippen MR) is 82.8 cm³/mol. The fourth-order valence-electron chi connectivity index (χ4n) is 2.74. The van der Waals surface area contributed by atoms with Crippen LogP contribution < -0.4 is 5.32 Å². The Balaban J connectivity index is 1.39. The molecule has 22 heavy (non-hydrogen) atoms. The van der Waals surface area contributed by atoms with E-state index in [1.165, 1.54) is 0 Å². The summed E-state index contributed by atoms with van der Waals surface area (Å²) in [6.07, 6.45) is 8.84. The van der Waals surface area contributed by atoms with Crippen molar-refractivity contribution in [3.63, 3.8) is 0 Å². The maximum Gasteiger partial charge on any atom is 0.246 e. The molecule has 2 amide bonds. The molecule has 2 heterocycles. The first-order valence-electron chi connectivity index (χ1n) is 8.00. The quantitative estimate of drug-likeness (QED) is 0.847. The first-order valence-corrected chi connectivity index (χ1v) is 8.00. The molecule has 1 aromatic heterocycles. The minimum Gasteiger partial charge on any atom is -0.465 e. The van der Waals surface area contributed by atoms with Gasteiger partial charge in [0.2, 0.25) is 11.8 Å². The summed E-state index contributed by atoms with van der Waals surface area (Å²) >= 11 is 0. The average molecular weight is 302 g/mol. The molecule has 1 aliphatic carbocycles. The van der Waals surface area contributed by atoms with Crippen LogP contribution in [0.2, 0.25) is 0 Å². The summed E-state index contributed by atoms with van der Waals surface area (Å²) in [5.41, 5.74) is 0. The third-order valence-electron chi connectivity index (χ3n) is 4.37. The number of hydrogen-bond acceptors (Lipinski definition) is 3. The standard InChI is InChI=1S/C17H22N2O3/c20-16(6-5-15-2-1-11-22-15)19-9-7-13(8-10-19)12-18-17(21)14-3-4-14/h1-2,5-6,11,13-14H,3-4,7-10,12H2,(H,18,21)/b6-5+. The van der Waals surface area contributed by atoms with Crippen molar-refractivity contribution in [2.45, 2.75) is 25.7 Å². The van der Waals surface area contributed by atoms with Crippen molar-refractivity contribution >= 4 is 17.9 Å². The van der Waals surface area contributed by atoms with Gasteiger partial charge >= 0.3 is 0 Å². The Hall–Kier alpha value is -2.04. The highest BCUT2D eigenvalue weighted by Gasteiger charge is 2.30. The minimum absolute atomic E-state index is 0.0249. The van der Waals surface area contributed by atoms with Crippen LogP contribution >= 0.6 is 0 Å². The van der Waals surface area contributed by atoms with Crippen LogP contribution in [0.3, 0.4) is 0 Å². The smallest absolute Gasteiger partial charge is 0.246 e. The van der Waals surface area contributed by atoms with Crippen LogP contribution in [-0.2, 0) is 9.59 Å². The Bertz CT molecular complexity index is 538. The molecule has 5 heteroatoms. The summed E-state index contributed by atoms with van der Waals surface area (Å²) < 4.78 is 5.17. The zero-order valence-electron chi connectivity index (χ0n) is 12.7. The van der Waals surface area contributed by atoms with Gasteiger partial charge in [-0.05, 0) is 49.8 Å². The molecule has 0 radical (unpaired) electrons. The molecular formula is C17H22N2O3. The molecule has 1 aromatic rings. The number of amides is 2. The van der Waals surface area contributed by atoms with Crippen molar-refractivity contribution < 1.29 is 14.0 Å². The summed E-state index contributed by atoms with van der Waals surface area (Å²) in [5, 5.41) is 3.03. The maximum atomic E-state index is 12.1. The molecule has 1 aliphatic heterocycles. The van der Waals surface area contributed by atoms with Crippen molar-refractivity contribution in [2.24, 2.45) is 11.8 Å². The lowest BCUT2D eigenvalue weighted by molar-refractivity contribution is -0.127. The lowest BCUT2D eigenvalue weighted by atomic mass is 9.96. The zero-order chi connectivity index (χ0) is 15.4. The highest BCUT2D eigenvalue weighted by molar-refractivity contribution is 5.91. The van der Waals surface area contributed by atoms with Crippen LogP contribution in [0.4, 0.5) is 0 Å². The van der Waals surface area contributed by atoms with Gasteiger partial charge < -0.3 is 14.6 Å². The number of rotatable bonds is 5. The number of nitrogens with one attached hydrogen (secondary N) is 1. The van der Waals surface area contributed by atoms with E-state index in [1.54, 1.807) is 24.5 Å². The summed E-state index contributed by atoms with van der Waals surface area (Å²) in [6, 6.07) is 3.62. The zero-order valence-corrected chi connectivity index (χ0v) is 12.7. The molecule has 2 fully saturated rings. The summed E-state index contributed by atoms with van der Waals surface area (Å²) in [6.45, 7) is 2.26. The van der Waals surface area contributed by atoms with Gasteiger partial charge in [-0.15, -0.1) is 0 Å². The number of piperidine rings is 1. The molecule has 0 aromatic carbocycles. The van der Waals surface area contributed by atoms with Crippen molar-refractivity contribution in [2.75, 3.05) is 19.6 Å². The van der Waals surface area contributed by atoms with Crippen LogP contribution in [0.25, 0.3) is 6.08 Å². The molecular weight excluding hydrogens is 280 g/mol. The van der Waals surface area contributed by atoms with Gasteiger partial charge in [-0.1, -0.05) is 0 Å². The second kappa shape index (κ2) is 6.81. The molecule has 0 spiro atoms. The first-order chi connectivity index (χ1) is 10.7. The van der Waals surface area contributed by atoms with Crippen molar-refractivity contribution in [3.8, 4) is 0 Å². The molecule has 0 atom stereocenters. The van der Waals surface area contributed by atoms with Gasteiger partial charge in [0.25, 0.3) is 0 Å². The number of carbonyl (C=O) groups is 2. The highest BCUT2D eigenvalue weighted by Crippen LogP contribution is 2.29. The van der Waals surface area contributed by atoms with E-state index in [0.29, 0.717) is 11.7 Å². The maximum absolute atomic E-state index is 12.1. The molecule has 0 unspecified atom stereocenters. The van der Waals surface area contributed by atoms with E-state index in [-0.39, 0.29) is 17.7 Å². The predicted octanol–water partition coefficient (Wildman–Crippen LogP) is 2.06. The van der Waals surface area contributed by atoms with E-state index in [9.17, 15) is 9.59 Å². The number of hydrogen-bond donors (Lipinski definition) is 1. The van der Waals surface area contributed by atoms with Gasteiger partial charge in [0.1, 0.15) is 5.76 Å². The van der Waals surface area contributed by atoms with E-state index in [0.717, 1.165) is 45.3 Å². The fourth-order valence-corrected chi connectivity index (χ4v) is 2.74. The number of carbonyl (C=O) groups excluding carboxylic acids is 2. The van der Waals surface area contributed by atoms with E-state index in [1.807, 2.05) is 11.0 Å². The highest BCUT2D eigenvalue weighted by atomic mass is 16.3. The van der Waals surface area contributed by atoms with Gasteiger partial charge in [-0.25, -0.2) is 0 Å². The minimum atomic E-state index is 0.0249. The summed E-state index contributed by atoms with van der Waals surface area (Å²) in [5.74, 6) is 1.68. The van der Waals surface area contributed by atoms with Crippen LogP contribution in [0.1, 0.15) is 31.4 Å². The largest absolute Gasteiger partial charge is 0.465 e. The Morgan fingerprint density at radius 3 is 2.68 bits per heavy atom. The van der Waals surface area contributed by atoms with Crippen LogP contribution in [0.5, 0.6) is 0 Å². The number of nitrogens with zero attached hydrogens (tertiary/aromatic N) is 1. The van der Waals surface area contributed by atoms with Gasteiger partial charge in [0.15, 0.2) is 0 Å². The molecule has 5 nitrogen and oxygen atoms in total. The normalized spacial score (nSPS) is 19.5. The molecule has 118 valence electrons. The van der Waals surface area contributed by atoms with Gasteiger partial charge in [0.05, 0.1) is 6.26 Å². The topological polar surface area (TPSA) is 62.6 Å². The van der Waals surface area contributed by atoms with E-state index in [4.69, 9.17) is 4.42 Å². The molecule has 2 aliphatic rings. The van der Waals surface area contributed by atoms with Gasteiger partial charge in [0, 0.05) is 31.6 Å². The van der Waals surface area contributed by atoms with Crippen molar-refractivity contribution in [1.82, 2.24) is 10.2 Å². The first kappa shape index (κ1) is 14.9. The summed E-state index contributed by atoms with van der Waals surface area (Å²) in [4.78, 5) is 25.6. The fraction of sp³-hybridized carbons (Fsp3) is 0.529. The third kappa shape index (κ3) is 4.00. The second-order valence-corrected chi connectivity index (χ2v) is 6.14. The lowest BCUT2D eigenvalue weighted by Gasteiger charge is -2.31. The second-order valence-electron chi connectivity index (χ2n) is 6.14. The van der Waals surface area contributed by atoms with Gasteiger partial charge in [-0.3, -0.25) is 9.59 Å². The molecule has 1 saturated heterocycles. The Kier molecular flexibility index (Phi) is 4.61. The average Bonchev–Trinajstić information content (AvgIpc) is 3.27. The molecule has 3 rings (SSSR count). The van der Waals surface area contributed by atoms with Gasteiger partial charge in [-0.2, -0.15) is 0 Å². The van der Waals surface area contributed by atoms with Crippen LogP contribution in [-0.4, -0.2) is 36.3 Å². The number of furan rings is 1. The van der Waals surface area contributed by atoms with E-state index in [2.05, 4.69) is 5.32 Å². The molecule has 1 N–H and O–H groups in total. The lowest BCUT2D eigenvalue weighted by Crippen LogP contribution is -2.41. The molecule has 0 bridgehead atoms.